The Balaban J connectivity index is 1.89. The Hall–Kier alpha value is -0.460. The molecule has 1 saturated heterocycles. The van der Waals surface area contributed by atoms with E-state index in [1.807, 2.05) is 0 Å². The van der Waals surface area contributed by atoms with Gasteiger partial charge in [0.15, 0.2) is 0 Å². The van der Waals surface area contributed by atoms with Crippen molar-refractivity contribution in [1.82, 2.24) is 9.03 Å². The highest BCUT2D eigenvalue weighted by Gasteiger charge is 2.29. The van der Waals surface area contributed by atoms with Gasteiger partial charge in [-0.05, 0) is 31.6 Å². The number of carbonyl (C=O) groups is 1. The van der Waals surface area contributed by atoms with Crippen LogP contribution in [0, 0.1) is 5.92 Å². The molecule has 6 heteroatoms. The van der Waals surface area contributed by atoms with E-state index < -0.39 is 10.2 Å². The summed E-state index contributed by atoms with van der Waals surface area (Å²) >= 11 is 0. The summed E-state index contributed by atoms with van der Waals surface area (Å²) in [6.07, 6.45) is 4.16. The monoisotopic (exact) mass is 274 g/mol. The van der Waals surface area contributed by atoms with Crippen molar-refractivity contribution in [2.24, 2.45) is 5.92 Å². The first-order valence-electron chi connectivity index (χ1n) is 6.76. The molecule has 2 aliphatic rings. The smallest absolute Gasteiger partial charge is 0.279 e. The molecule has 104 valence electrons. The minimum Gasteiger partial charge on any atom is -0.300 e. The van der Waals surface area contributed by atoms with Crippen molar-refractivity contribution in [3.63, 3.8) is 0 Å². The van der Waals surface area contributed by atoms with Gasteiger partial charge in [-0.3, -0.25) is 4.79 Å². The Morgan fingerprint density at radius 1 is 1.11 bits per heavy atom. The Morgan fingerprint density at radius 2 is 1.67 bits per heavy atom. The number of Topliss-reactive ketones (excluding diaryl/α,β-unsaturated/α-hetero) is 1. The summed E-state index contributed by atoms with van der Waals surface area (Å²) in [5.74, 6) is 0.862. The Labute approximate surface area is 109 Å². The van der Waals surface area contributed by atoms with Crippen LogP contribution in [0.25, 0.3) is 0 Å². The molecular formula is C12H22N2O3S. The third-order valence-corrected chi connectivity index (χ3v) is 5.62. The number of carbonyl (C=O) groups excluding carboxylic acids is 1. The van der Waals surface area contributed by atoms with Crippen LogP contribution in [0.4, 0.5) is 0 Å². The molecule has 18 heavy (non-hydrogen) atoms. The van der Waals surface area contributed by atoms with E-state index in [1.165, 1.54) is 0 Å². The predicted octanol–water partition coefficient (Wildman–Crippen LogP) is 1.06. The van der Waals surface area contributed by atoms with Crippen LogP contribution in [0.1, 0.15) is 45.4 Å². The Bertz CT molecular complexity index is 390. The van der Waals surface area contributed by atoms with E-state index in [0.29, 0.717) is 44.7 Å². The SMILES string of the molecule is CC1CCN(S(=O)(=O)NC2CCC(=O)CC2)CC1. The van der Waals surface area contributed by atoms with E-state index in [9.17, 15) is 13.2 Å². The summed E-state index contributed by atoms with van der Waals surface area (Å²) in [4.78, 5) is 11.1. The zero-order valence-corrected chi connectivity index (χ0v) is 11.7. The average Bonchev–Trinajstić information content (AvgIpc) is 2.32. The molecule has 0 atom stereocenters. The lowest BCUT2D eigenvalue weighted by atomic mass is 9.95. The number of nitrogens with one attached hydrogen (secondary N) is 1. The first-order chi connectivity index (χ1) is 8.47. The molecule has 0 aromatic rings. The zero-order valence-electron chi connectivity index (χ0n) is 10.9. The van der Waals surface area contributed by atoms with Gasteiger partial charge in [0.2, 0.25) is 0 Å². The van der Waals surface area contributed by atoms with Crippen molar-refractivity contribution in [3.8, 4) is 0 Å². The fourth-order valence-electron chi connectivity index (χ4n) is 2.57. The van der Waals surface area contributed by atoms with Gasteiger partial charge in [0, 0.05) is 32.0 Å². The van der Waals surface area contributed by atoms with Crippen LogP contribution in [0.15, 0.2) is 0 Å². The molecule has 1 aliphatic carbocycles. The molecule has 5 nitrogen and oxygen atoms in total. The molecule has 1 N–H and O–H groups in total. The van der Waals surface area contributed by atoms with Gasteiger partial charge >= 0.3 is 0 Å². The van der Waals surface area contributed by atoms with Crippen molar-refractivity contribution in [3.05, 3.63) is 0 Å². The lowest BCUT2D eigenvalue weighted by Crippen LogP contribution is -2.48. The maximum Gasteiger partial charge on any atom is 0.279 e. The van der Waals surface area contributed by atoms with E-state index in [1.54, 1.807) is 4.31 Å². The van der Waals surface area contributed by atoms with Crippen LogP contribution >= 0.6 is 0 Å². The van der Waals surface area contributed by atoms with Crippen molar-refractivity contribution in [2.75, 3.05) is 13.1 Å². The van der Waals surface area contributed by atoms with E-state index in [2.05, 4.69) is 11.6 Å². The summed E-state index contributed by atoms with van der Waals surface area (Å²) in [7, 11) is -3.35. The second kappa shape index (κ2) is 5.67. The van der Waals surface area contributed by atoms with Gasteiger partial charge in [-0.25, -0.2) is 0 Å². The first-order valence-corrected chi connectivity index (χ1v) is 8.20. The highest BCUT2D eigenvalue weighted by atomic mass is 32.2. The Kier molecular flexibility index (Phi) is 4.40. The van der Waals surface area contributed by atoms with Crippen LogP contribution in [-0.4, -0.2) is 37.6 Å². The maximum absolute atomic E-state index is 12.2. The summed E-state index contributed by atoms with van der Waals surface area (Å²) < 4.78 is 28.6. The highest BCUT2D eigenvalue weighted by molar-refractivity contribution is 7.87. The van der Waals surface area contributed by atoms with Crippen LogP contribution in [-0.2, 0) is 15.0 Å². The molecule has 1 heterocycles. The van der Waals surface area contributed by atoms with E-state index >= 15 is 0 Å². The summed E-state index contributed by atoms with van der Waals surface area (Å²) in [6, 6.07) is -0.0629. The van der Waals surface area contributed by atoms with Gasteiger partial charge in [-0.1, -0.05) is 6.92 Å². The van der Waals surface area contributed by atoms with E-state index in [-0.39, 0.29) is 11.8 Å². The number of piperidine rings is 1. The largest absolute Gasteiger partial charge is 0.300 e. The number of hydrogen-bond acceptors (Lipinski definition) is 3. The van der Waals surface area contributed by atoms with Crippen LogP contribution < -0.4 is 4.72 Å². The van der Waals surface area contributed by atoms with Gasteiger partial charge in [-0.2, -0.15) is 17.4 Å². The van der Waals surface area contributed by atoms with Gasteiger partial charge in [0.25, 0.3) is 10.2 Å². The predicted molar refractivity (Wildman–Crippen MR) is 69.3 cm³/mol. The molecule has 0 spiro atoms. The van der Waals surface area contributed by atoms with Gasteiger partial charge in [0.1, 0.15) is 5.78 Å². The molecule has 1 saturated carbocycles. The summed E-state index contributed by atoms with van der Waals surface area (Å²) in [5, 5.41) is 0. The maximum atomic E-state index is 12.2. The Morgan fingerprint density at radius 3 is 2.22 bits per heavy atom. The second-order valence-corrected chi connectivity index (χ2v) is 7.22. The second-order valence-electron chi connectivity index (χ2n) is 5.52. The molecule has 2 fully saturated rings. The van der Waals surface area contributed by atoms with Crippen molar-refractivity contribution < 1.29 is 13.2 Å². The lowest BCUT2D eigenvalue weighted by molar-refractivity contribution is -0.120. The molecule has 0 radical (unpaired) electrons. The molecule has 1 aliphatic heterocycles. The van der Waals surface area contributed by atoms with Crippen molar-refractivity contribution in [2.45, 2.75) is 51.5 Å². The van der Waals surface area contributed by atoms with Gasteiger partial charge in [0.05, 0.1) is 0 Å². The topological polar surface area (TPSA) is 66.5 Å². The quantitative estimate of drug-likeness (QED) is 0.837. The van der Waals surface area contributed by atoms with Crippen LogP contribution in [0.2, 0.25) is 0 Å². The van der Waals surface area contributed by atoms with Crippen LogP contribution in [0.5, 0.6) is 0 Å². The molecule has 0 bridgehead atoms. The minimum atomic E-state index is -3.35. The van der Waals surface area contributed by atoms with Crippen LogP contribution in [0.3, 0.4) is 0 Å². The molecule has 2 rings (SSSR count). The zero-order chi connectivity index (χ0) is 13.2. The van der Waals surface area contributed by atoms with Gasteiger partial charge < -0.3 is 0 Å². The third kappa shape index (κ3) is 3.52. The minimum absolute atomic E-state index is 0.0629. The summed E-state index contributed by atoms with van der Waals surface area (Å²) in [5.41, 5.74) is 0. The van der Waals surface area contributed by atoms with E-state index in [0.717, 1.165) is 12.8 Å². The molecule has 0 aromatic heterocycles. The molecule has 0 amide bonds. The standard InChI is InChI=1S/C12H22N2O3S/c1-10-6-8-14(9-7-10)18(16,17)13-11-2-4-12(15)5-3-11/h10-11,13H,2-9H2,1H3. The average molecular weight is 274 g/mol. The van der Waals surface area contributed by atoms with Crippen molar-refractivity contribution >= 4 is 16.0 Å². The van der Waals surface area contributed by atoms with Crippen molar-refractivity contribution in [1.29, 1.82) is 0 Å². The first kappa shape index (κ1) is 14.0. The number of ketones is 1. The summed E-state index contributed by atoms with van der Waals surface area (Å²) in [6.45, 7) is 3.38. The molecule has 0 aromatic carbocycles. The normalized spacial score (nSPS) is 25.5. The number of hydrogen-bond donors (Lipinski definition) is 1. The lowest BCUT2D eigenvalue weighted by Gasteiger charge is -2.31. The number of rotatable bonds is 3. The van der Waals surface area contributed by atoms with Gasteiger partial charge in [-0.15, -0.1) is 0 Å². The third-order valence-electron chi connectivity index (χ3n) is 3.94. The molecular weight excluding hydrogens is 252 g/mol. The highest BCUT2D eigenvalue weighted by Crippen LogP contribution is 2.20. The van der Waals surface area contributed by atoms with E-state index in [4.69, 9.17) is 0 Å². The number of nitrogens with zero attached hydrogens (tertiary/aromatic N) is 1. The fraction of sp³-hybridized carbons (Fsp3) is 0.917. The molecule has 0 unspecified atom stereocenters. The fourth-order valence-corrected chi connectivity index (χ4v) is 4.07.